The Morgan fingerprint density at radius 2 is 0.951 bits per heavy atom. The third-order valence-electron chi connectivity index (χ3n) is 8.44. The second-order valence-electron chi connectivity index (χ2n) is 10.8. The van der Waals surface area contributed by atoms with Gasteiger partial charge in [-0.1, -0.05) is 133 Å². The van der Waals surface area contributed by atoms with E-state index >= 15 is 0 Å². The molecule has 0 bridgehead atoms. The first-order valence-corrected chi connectivity index (χ1v) is 14.3. The molecule has 0 saturated carbocycles. The van der Waals surface area contributed by atoms with E-state index in [1.807, 2.05) is 0 Å². The summed E-state index contributed by atoms with van der Waals surface area (Å²) in [6.45, 7) is 0.526. The summed E-state index contributed by atoms with van der Waals surface area (Å²) in [4.78, 5) is 0. The Bertz CT molecular complexity index is 2060. The van der Waals surface area contributed by atoms with Crippen LogP contribution in [0.25, 0.3) is 54.9 Å². The molecule has 0 aromatic heterocycles. The third-order valence-corrected chi connectivity index (χ3v) is 8.44. The summed E-state index contributed by atoms with van der Waals surface area (Å²) in [6.07, 6.45) is 0.830. The highest BCUT2D eigenvalue weighted by molar-refractivity contribution is 6.09. The van der Waals surface area contributed by atoms with Crippen molar-refractivity contribution < 1.29 is 4.74 Å². The van der Waals surface area contributed by atoms with E-state index in [1.54, 1.807) is 0 Å². The Labute approximate surface area is 240 Å². The third kappa shape index (κ3) is 4.01. The fourth-order valence-corrected chi connectivity index (χ4v) is 6.51. The lowest BCUT2D eigenvalue weighted by Crippen LogP contribution is -2.01. The molecule has 0 radical (unpaired) electrons. The first kappa shape index (κ1) is 23.7. The van der Waals surface area contributed by atoms with Crippen LogP contribution in [0.1, 0.15) is 16.7 Å². The second-order valence-corrected chi connectivity index (χ2v) is 10.8. The SMILES string of the molecule is c1ccc(-c2cc3ccccc3c3c2-c2c(-c4ccccc4)cc4ccccc4c2OCc2ccccc2C3)cc1. The number of hydrogen-bond donors (Lipinski definition) is 0. The van der Waals surface area contributed by atoms with E-state index in [-0.39, 0.29) is 0 Å². The maximum atomic E-state index is 6.97. The van der Waals surface area contributed by atoms with Gasteiger partial charge in [0.05, 0.1) is 0 Å². The average molecular weight is 525 g/mol. The van der Waals surface area contributed by atoms with Gasteiger partial charge in [-0.15, -0.1) is 0 Å². The van der Waals surface area contributed by atoms with E-state index in [0.717, 1.165) is 17.6 Å². The van der Waals surface area contributed by atoms with Crippen LogP contribution >= 0.6 is 0 Å². The molecule has 0 atom stereocenters. The van der Waals surface area contributed by atoms with Crippen LogP contribution in [0.3, 0.4) is 0 Å². The van der Waals surface area contributed by atoms with Crippen LogP contribution in [0.15, 0.2) is 146 Å². The lowest BCUT2D eigenvalue weighted by molar-refractivity contribution is 0.310. The fraction of sp³-hybridized carbons (Fsp3) is 0.0500. The Kier molecular flexibility index (Phi) is 5.67. The minimum atomic E-state index is 0.526. The van der Waals surface area contributed by atoms with Crippen LogP contribution in [0, 0.1) is 0 Å². The normalized spacial score (nSPS) is 12.4. The zero-order valence-corrected chi connectivity index (χ0v) is 22.7. The quantitative estimate of drug-likeness (QED) is 0.219. The summed E-state index contributed by atoms with van der Waals surface area (Å²) >= 11 is 0. The van der Waals surface area contributed by atoms with Gasteiger partial charge in [0, 0.05) is 10.9 Å². The van der Waals surface area contributed by atoms with Crippen LogP contribution < -0.4 is 4.74 Å². The predicted octanol–water partition coefficient (Wildman–Crippen LogP) is 10.5. The van der Waals surface area contributed by atoms with Crippen LogP contribution in [0.4, 0.5) is 0 Å². The molecule has 0 aliphatic carbocycles. The van der Waals surface area contributed by atoms with Crippen molar-refractivity contribution in [3.05, 3.63) is 162 Å². The number of fused-ring (bicyclic) bond motifs is 8. The van der Waals surface area contributed by atoms with E-state index in [2.05, 4.69) is 146 Å². The Hall–Kier alpha value is -5.14. The largest absolute Gasteiger partial charge is 0.488 e. The Morgan fingerprint density at radius 1 is 0.439 bits per heavy atom. The molecule has 194 valence electrons. The summed E-state index contributed by atoms with van der Waals surface area (Å²) in [6, 6.07) is 52.6. The van der Waals surface area contributed by atoms with E-state index < -0.39 is 0 Å². The van der Waals surface area contributed by atoms with Gasteiger partial charge in [-0.3, -0.25) is 0 Å². The van der Waals surface area contributed by atoms with Gasteiger partial charge in [0.1, 0.15) is 12.4 Å². The lowest BCUT2D eigenvalue weighted by atomic mass is 9.80. The molecule has 0 N–H and O–H groups in total. The van der Waals surface area contributed by atoms with Gasteiger partial charge in [0.25, 0.3) is 0 Å². The molecule has 41 heavy (non-hydrogen) atoms. The molecule has 1 aliphatic heterocycles. The van der Waals surface area contributed by atoms with E-state index in [4.69, 9.17) is 4.74 Å². The minimum Gasteiger partial charge on any atom is -0.488 e. The highest BCUT2D eigenvalue weighted by Gasteiger charge is 2.26. The smallest absolute Gasteiger partial charge is 0.136 e. The maximum absolute atomic E-state index is 6.97. The molecular formula is C40H28O. The second kappa shape index (κ2) is 9.80. The first-order chi connectivity index (χ1) is 20.3. The van der Waals surface area contributed by atoms with Crippen molar-refractivity contribution in [3.63, 3.8) is 0 Å². The van der Waals surface area contributed by atoms with Crippen molar-refractivity contribution in [1.82, 2.24) is 0 Å². The molecule has 1 nitrogen and oxygen atoms in total. The highest BCUT2D eigenvalue weighted by atomic mass is 16.5. The van der Waals surface area contributed by atoms with Crippen molar-refractivity contribution in [3.8, 4) is 39.1 Å². The Balaban J connectivity index is 1.61. The van der Waals surface area contributed by atoms with Crippen LogP contribution in [-0.2, 0) is 13.0 Å². The molecule has 1 heteroatoms. The fourth-order valence-electron chi connectivity index (χ4n) is 6.51. The topological polar surface area (TPSA) is 9.23 Å². The molecule has 7 aromatic rings. The van der Waals surface area contributed by atoms with Gasteiger partial charge in [-0.25, -0.2) is 0 Å². The molecule has 1 heterocycles. The summed E-state index contributed by atoms with van der Waals surface area (Å²) in [5, 5.41) is 4.87. The number of rotatable bonds is 2. The summed E-state index contributed by atoms with van der Waals surface area (Å²) < 4.78 is 6.97. The van der Waals surface area contributed by atoms with E-state index in [0.29, 0.717) is 6.61 Å². The standard InChI is InChI=1S/C40H28O/c1-3-13-27(14-4-1)35-24-30-18-9-11-21-33(30)37-23-29-17-7-8-20-32(29)26-41-40-34-22-12-10-19-31(34)25-36(39(40)38(35)37)28-15-5-2-6-16-28/h1-22,24-25H,23,26H2. The first-order valence-electron chi connectivity index (χ1n) is 14.3. The summed E-state index contributed by atoms with van der Waals surface area (Å²) in [5.74, 6) is 0.951. The van der Waals surface area contributed by atoms with Gasteiger partial charge in [-0.05, 0) is 79.2 Å². The van der Waals surface area contributed by atoms with Crippen LogP contribution in [-0.4, -0.2) is 0 Å². The monoisotopic (exact) mass is 524 g/mol. The van der Waals surface area contributed by atoms with Crippen LogP contribution in [0.5, 0.6) is 5.75 Å². The van der Waals surface area contributed by atoms with E-state index in [9.17, 15) is 0 Å². The van der Waals surface area contributed by atoms with Gasteiger partial charge in [-0.2, -0.15) is 0 Å². The molecule has 0 unspecified atom stereocenters. The molecule has 0 spiro atoms. The number of hydrogen-bond acceptors (Lipinski definition) is 1. The average Bonchev–Trinajstić information content (AvgIpc) is 3.11. The van der Waals surface area contributed by atoms with Crippen molar-refractivity contribution in [2.75, 3.05) is 0 Å². The summed E-state index contributed by atoms with van der Waals surface area (Å²) in [7, 11) is 0. The number of benzene rings is 7. The van der Waals surface area contributed by atoms with Gasteiger partial charge >= 0.3 is 0 Å². The van der Waals surface area contributed by atoms with Crippen molar-refractivity contribution in [2.24, 2.45) is 0 Å². The van der Waals surface area contributed by atoms with E-state index in [1.165, 1.54) is 66.2 Å². The highest BCUT2D eigenvalue weighted by Crippen LogP contribution is 2.51. The molecule has 1 aliphatic rings. The zero-order chi connectivity index (χ0) is 27.2. The Morgan fingerprint density at radius 3 is 1.63 bits per heavy atom. The predicted molar refractivity (Wildman–Crippen MR) is 171 cm³/mol. The maximum Gasteiger partial charge on any atom is 0.136 e. The lowest BCUT2D eigenvalue weighted by Gasteiger charge is -2.24. The van der Waals surface area contributed by atoms with Crippen LogP contribution in [0.2, 0.25) is 0 Å². The van der Waals surface area contributed by atoms with Crippen molar-refractivity contribution >= 4 is 21.5 Å². The summed E-state index contributed by atoms with van der Waals surface area (Å²) in [5.41, 5.74) is 11.1. The molecule has 7 aromatic carbocycles. The van der Waals surface area contributed by atoms with Crippen molar-refractivity contribution in [2.45, 2.75) is 13.0 Å². The molecule has 0 fully saturated rings. The van der Waals surface area contributed by atoms with Crippen molar-refractivity contribution in [1.29, 1.82) is 0 Å². The molecular weight excluding hydrogens is 496 g/mol. The minimum absolute atomic E-state index is 0.526. The van der Waals surface area contributed by atoms with Gasteiger partial charge < -0.3 is 4.74 Å². The van der Waals surface area contributed by atoms with Gasteiger partial charge in [0.2, 0.25) is 0 Å². The number of ether oxygens (including phenoxy) is 1. The molecule has 8 rings (SSSR count). The molecule has 0 saturated heterocycles. The zero-order valence-electron chi connectivity index (χ0n) is 22.7. The molecule has 0 amide bonds. The van der Waals surface area contributed by atoms with Gasteiger partial charge in [0.15, 0.2) is 0 Å².